The Balaban J connectivity index is 2.24. The highest BCUT2D eigenvalue weighted by Gasteiger charge is 2.34. The first-order valence-corrected chi connectivity index (χ1v) is 5.82. The van der Waals surface area contributed by atoms with Crippen LogP contribution in [0.25, 0.3) is 0 Å². The number of nitrogens with zero attached hydrogens (tertiary/aromatic N) is 1. The van der Waals surface area contributed by atoms with Crippen molar-refractivity contribution < 1.29 is 23.9 Å². The smallest absolute Gasteiger partial charge is 0.308 e. The molecular formula is C13H12FNO4. The van der Waals surface area contributed by atoms with Gasteiger partial charge in [-0.2, -0.15) is 0 Å². The van der Waals surface area contributed by atoms with Crippen LogP contribution in [-0.4, -0.2) is 34.3 Å². The first-order valence-electron chi connectivity index (χ1n) is 5.82. The number of hydrogen-bond donors (Lipinski definition) is 1. The average molecular weight is 265 g/mol. The van der Waals surface area contributed by atoms with Crippen LogP contribution < -0.4 is 0 Å². The summed E-state index contributed by atoms with van der Waals surface area (Å²) in [5.41, 5.74) is -0.220. The maximum absolute atomic E-state index is 13.5. The second-order valence-electron chi connectivity index (χ2n) is 4.36. The number of carboxylic acids is 1. The molecule has 2 rings (SSSR count). The zero-order valence-electron chi connectivity index (χ0n) is 10.0. The lowest BCUT2D eigenvalue weighted by Gasteiger charge is -2.29. The summed E-state index contributed by atoms with van der Waals surface area (Å²) in [5.74, 6) is -3.81. The number of carbonyl (C=O) groups is 3. The van der Waals surface area contributed by atoms with E-state index in [2.05, 4.69) is 0 Å². The highest BCUT2D eigenvalue weighted by atomic mass is 19.1. The van der Waals surface area contributed by atoms with Crippen LogP contribution in [0.15, 0.2) is 24.3 Å². The predicted molar refractivity (Wildman–Crippen MR) is 62.8 cm³/mol. The first kappa shape index (κ1) is 13.2. The summed E-state index contributed by atoms with van der Waals surface area (Å²) in [5, 5.41) is 8.93. The maximum Gasteiger partial charge on any atom is 0.308 e. The van der Waals surface area contributed by atoms with Gasteiger partial charge in [-0.05, 0) is 18.6 Å². The van der Waals surface area contributed by atoms with Gasteiger partial charge in [0.25, 0.3) is 5.91 Å². The number of carbonyl (C=O) groups excluding carboxylic acids is 2. The van der Waals surface area contributed by atoms with Crippen molar-refractivity contribution in [2.75, 3.05) is 6.54 Å². The third-order valence-electron chi connectivity index (χ3n) is 3.11. The summed E-state index contributed by atoms with van der Waals surface area (Å²) in [4.78, 5) is 35.5. The van der Waals surface area contributed by atoms with Gasteiger partial charge in [0.15, 0.2) is 0 Å². The number of amides is 2. The van der Waals surface area contributed by atoms with Gasteiger partial charge in [0.2, 0.25) is 5.91 Å². The van der Waals surface area contributed by atoms with Gasteiger partial charge in [-0.1, -0.05) is 12.1 Å². The molecule has 1 aromatic carbocycles. The van der Waals surface area contributed by atoms with E-state index in [1.165, 1.54) is 18.2 Å². The Morgan fingerprint density at radius 2 is 2.00 bits per heavy atom. The lowest BCUT2D eigenvalue weighted by molar-refractivity contribution is -0.145. The number of hydrogen-bond acceptors (Lipinski definition) is 3. The predicted octanol–water partition coefficient (Wildman–Crippen LogP) is 1.29. The van der Waals surface area contributed by atoms with E-state index >= 15 is 0 Å². The molecular weight excluding hydrogens is 253 g/mol. The zero-order valence-corrected chi connectivity index (χ0v) is 10.0. The number of likely N-dealkylation sites (tertiary alicyclic amines) is 1. The van der Waals surface area contributed by atoms with E-state index < -0.39 is 29.5 Å². The molecule has 1 unspecified atom stereocenters. The van der Waals surface area contributed by atoms with Gasteiger partial charge in [0, 0.05) is 13.0 Å². The van der Waals surface area contributed by atoms with Crippen molar-refractivity contribution in [3.05, 3.63) is 35.6 Å². The second-order valence-corrected chi connectivity index (χ2v) is 4.36. The van der Waals surface area contributed by atoms with Crippen molar-refractivity contribution in [1.82, 2.24) is 4.90 Å². The Kier molecular flexibility index (Phi) is 3.59. The van der Waals surface area contributed by atoms with E-state index in [9.17, 15) is 18.8 Å². The fourth-order valence-electron chi connectivity index (χ4n) is 2.02. The van der Waals surface area contributed by atoms with Crippen molar-refractivity contribution in [2.24, 2.45) is 5.92 Å². The quantitative estimate of drug-likeness (QED) is 0.817. The molecule has 2 amide bonds. The lowest BCUT2D eigenvalue weighted by atomic mass is 9.97. The molecule has 1 saturated heterocycles. The third kappa shape index (κ3) is 2.62. The number of rotatable bonds is 2. The molecule has 1 aromatic rings. The molecule has 0 bridgehead atoms. The molecule has 6 heteroatoms. The van der Waals surface area contributed by atoms with Gasteiger partial charge in [-0.15, -0.1) is 0 Å². The summed E-state index contributed by atoms with van der Waals surface area (Å²) in [7, 11) is 0. The van der Waals surface area contributed by atoms with Gasteiger partial charge in [-0.3, -0.25) is 19.3 Å². The molecule has 1 atom stereocenters. The third-order valence-corrected chi connectivity index (χ3v) is 3.11. The van der Waals surface area contributed by atoms with Crippen LogP contribution >= 0.6 is 0 Å². The van der Waals surface area contributed by atoms with Crippen LogP contribution in [0.5, 0.6) is 0 Å². The molecule has 0 spiro atoms. The topological polar surface area (TPSA) is 74.7 Å². The first-order chi connectivity index (χ1) is 9.00. The van der Waals surface area contributed by atoms with Gasteiger partial charge in [0.05, 0.1) is 11.5 Å². The number of imide groups is 1. The van der Waals surface area contributed by atoms with E-state index in [4.69, 9.17) is 5.11 Å². The van der Waals surface area contributed by atoms with Gasteiger partial charge in [0.1, 0.15) is 5.82 Å². The number of aliphatic carboxylic acids is 1. The van der Waals surface area contributed by atoms with Crippen LogP contribution in [0, 0.1) is 11.7 Å². The largest absolute Gasteiger partial charge is 0.481 e. The molecule has 0 radical (unpaired) electrons. The SMILES string of the molecule is O=C(O)C1CCC(=O)N(C(=O)c2ccccc2F)C1. The molecule has 1 heterocycles. The highest BCUT2D eigenvalue weighted by molar-refractivity contribution is 6.05. The Hall–Kier alpha value is -2.24. The molecule has 5 nitrogen and oxygen atoms in total. The van der Waals surface area contributed by atoms with Crippen molar-refractivity contribution in [3.8, 4) is 0 Å². The molecule has 1 N–H and O–H groups in total. The fraction of sp³-hybridized carbons (Fsp3) is 0.308. The number of carboxylic acid groups (broad SMARTS) is 1. The number of halogens is 1. The number of benzene rings is 1. The molecule has 1 fully saturated rings. The van der Waals surface area contributed by atoms with E-state index in [0.29, 0.717) is 0 Å². The summed E-state index contributed by atoms with van der Waals surface area (Å²) in [6.07, 6.45) is 0.187. The van der Waals surface area contributed by atoms with Crippen molar-refractivity contribution >= 4 is 17.8 Å². The molecule has 1 aliphatic heterocycles. The Bertz CT molecular complexity index is 543. The highest BCUT2D eigenvalue weighted by Crippen LogP contribution is 2.20. The van der Waals surface area contributed by atoms with Gasteiger partial charge < -0.3 is 5.11 Å². The summed E-state index contributed by atoms with van der Waals surface area (Å²) >= 11 is 0. The summed E-state index contributed by atoms with van der Waals surface area (Å²) in [6.45, 7) is -0.207. The second kappa shape index (κ2) is 5.17. The molecule has 19 heavy (non-hydrogen) atoms. The minimum atomic E-state index is -1.06. The van der Waals surface area contributed by atoms with Crippen LogP contribution in [0.3, 0.4) is 0 Å². The zero-order chi connectivity index (χ0) is 14.0. The fourth-order valence-corrected chi connectivity index (χ4v) is 2.02. The van der Waals surface area contributed by atoms with E-state index in [1.807, 2.05) is 0 Å². The minimum absolute atomic E-state index is 0.0167. The van der Waals surface area contributed by atoms with E-state index in [-0.39, 0.29) is 24.9 Å². The van der Waals surface area contributed by atoms with Crippen molar-refractivity contribution in [1.29, 1.82) is 0 Å². The molecule has 0 aliphatic carbocycles. The molecule has 0 saturated carbocycles. The Morgan fingerprint density at radius 3 is 2.63 bits per heavy atom. The Labute approximate surface area is 108 Å². The van der Waals surface area contributed by atoms with E-state index in [0.717, 1.165) is 11.0 Å². The molecule has 100 valence electrons. The molecule has 1 aliphatic rings. The summed E-state index contributed by atoms with van der Waals surface area (Å²) < 4.78 is 13.5. The maximum atomic E-state index is 13.5. The Morgan fingerprint density at radius 1 is 1.32 bits per heavy atom. The van der Waals surface area contributed by atoms with Crippen LogP contribution in [0.4, 0.5) is 4.39 Å². The molecule has 0 aromatic heterocycles. The average Bonchev–Trinajstić information content (AvgIpc) is 2.38. The van der Waals surface area contributed by atoms with Crippen LogP contribution in [-0.2, 0) is 9.59 Å². The monoisotopic (exact) mass is 265 g/mol. The van der Waals surface area contributed by atoms with Crippen molar-refractivity contribution in [2.45, 2.75) is 12.8 Å². The van der Waals surface area contributed by atoms with Crippen LogP contribution in [0.2, 0.25) is 0 Å². The normalized spacial score (nSPS) is 19.3. The van der Waals surface area contributed by atoms with Gasteiger partial charge >= 0.3 is 5.97 Å². The van der Waals surface area contributed by atoms with E-state index in [1.54, 1.807) is 0 Å². The van der Waals surface area contributed by atoms with Gasteiger partial charge in [-0.25, -0.2) is 4.39 Å². The van der Waals surface area contributed by atoms with Crippen LogP contribution in [0.1, 0.15) is 23.2 Å². The van der Waals surface area contributed by atoms with Crippen molar-refractivity contribution in [3.63, 3.8) is 0 Å². The summed E-state index contributed by atoms with van der Waals surface area (Å²) in [6, 6.07) is 5.31. The minimum Gasteiger partial charge on any atom is -0.481 e. The lowest BCUT2D eigenvalue weighted by Crippen LogP contribution is -2.46. The standard InChI is InChI=1S/C13H12FNO4/c14-10-4-2-1-3-9(10)12(17)15-7-8(13(18)19)5-6-11(15)16/h1-4,8H,5-7H2,(H,18,19). The number of piperidine rings is 1.